The highest BCUT2D eigenvalue weighted by molar-refractivity contribution is 7.14. The largest absolute Gasteiger partial charge is 0.494 e. The van der Waals surface area contributed by atoms with E-state index in [2.05, 4.69) is 84.7 Å². The molecule has 0 aliphatic carbocycles. The van der Waals surface area contributed by atoms with E-state index in [0.29, 0.717) is 17.3 Å². The highest BCUT2D eigenvalue weighted by atomic mass is 32.1. The number of carboxylic acid groups (broad SMARTS) is 1. The summed E-state index contributed by atoms with van der Waals surface area (Å²) in [6, 6.07) is 25.3. The number of carbonyl (C=O) groups excluding carboxylic acids is 2. The zero-order valence-corrected chi connectivity index (χ0v) is 29.7. The summed E-state index contributed by atoms with van der Waals surface area (Å²) >= 11 is 1.37. The van der Waals surface area contributed by atoms with Crippen molar-refractivity contribution in [3.8, 4) is 39.4 Å². The lowest BCUT2D eigenvalue weighted by Crippen LogP contribution is -2.51. The van der Waals surface area contributed by atoms with Crippen molar-refractivity contribution < 1.29 is 24.2 Å². The van der Waals surface area contributed by atoms with E-state index in [1.54, 1.807) is 18.5 Å². The molecular formula is C40H42N4O5S. The molecule has 0 bridgehead atoms. The van der Waals surface area contributed by atoms with E-state index in [1.165, 1.54) is 18.3 Å². The minimum absolute atomic E-state index is 0.119. The summed E-state index contributed by atoms with van der Waals surface area (Å²) in [6.45, 7) is 10.4. The van der Waals surface area contributed by atoms with Crippen molar-refractivity contribution in [1.29, 1.82) is 0 Å². The number of ether oxygens (including phenoxy) is 1. The predicted molar refractivity (Wildman–Crippen MR) is 197 cm³/mol. The topological polar surface area (TPSA) is 131 Å². The molecule has 258 valence electrons. The second-order valence-electron chi connectivity index (χ2n) is 13.2. The highest BCUT2D eigenvalue weighted by Crippen LogP contribution is 2.30. The van der Waals surface area contributed by atoms with E-state index in [9.17, 15) is 19.5 Å². The van der Waals surface area contributed by atoms with Gasteiger partial charge in [-0.2, -0.15) is 0 Å². The Bertz CT molecular complexity index is 1910. The zero-order valence-electron chi connectivity index (χ0n) is 28.9. The Morgan fingerprint density at radius 1 is 0.780 bits per heavy atom. The molecule has 2 aromatic heterocycles. The van der Waals surface area contributed by atoms with E-state index in [0.717, 1.165) is 50.4 Å². The molecule has 0 radical (unpaired) electrons. The standard InChI is InChI=1S/C40H42N4O5S/c1-6-21-49-32-17-15-28(16-18-32)27-11-13-29(14-12-27)31-23-41-36(42-24-31)30-9-7-26(8-10-30)22-33(37(45)43-25(2)39(47)48)44-38(46)34-19-20-35(50-34)40(3,4)5/h7-20,23-25,33H,6,21-22H2,1-5H3,(H,43,45)(H,44,46)(H,47,48)/t25-,33+/m1/s1. The van der Waals surface area contributed by atoms with Crippen LogP contribution in [0.15, 0.2) is 97.3 Å². The molecule has 0 fully saturated rings. The first-order valence-corrected chi connectivity index (χ1v) is 17.4. The second-order valence-corrected chi connectivity index (χ2v) is 14.2. The van der Waals surface area contributed by atoms with Crippen LogP contribution in [0.1, 0.15) is 61.2 Å². The molecule has 3 N–H and O–H groups in total. The summed E-state index contributed by atoms with van der Waals surface area (Å²) in [4.78, 5) is 48.5. The summed E-state index contributed by atoms with van der Waals surface area (Å²) in [7, 11) is 0. The van der Waals surface area contributed by atoms with Crippen LogP contribution in [0.5, 0.6) is 5.75 Å². The van der Waals surface area contributed by atoms with Crippen molar-refractivity contribution in [2.24, 2.45) is 0 Å². The number of carbonyl (C=O) groups is 3. The third-order valence-corrected chi connectivity index (χ3v) is 9.61. The van der Waals surface area contributed by atoms with Crippen molar-refractivity contribution in [3.05, 3.63) is 113 Å². The number of hydrogen-bond donors (Lipinski definition) is 3. The first-order chi connectivity index (χ1) is 23.9. The number of carboxylic acids is 1. The highest BCUT2D eigenvalue weighted by Gasteiger charge is 2.26. The number of hydrogen-bond acceptors (Lipinski definition) is 7. The monoisotopic (exact) mass is 690 g/mol. The Morgan fingerprint density at radius 3 is 1.88 bits per heavy atom. The lowest BCUT2D eigenvalue weighted by Gasteiger charge is -2.20. The van der Waals surface area contributed by atoms with Gasteiger partial charge >= 0.3 is 5.97 Å². The fourth-order valence-electron chi connectivity index (χ4n) is 5.15. The van der Waals surface area contributed by atoms with Gasteiger partial charge in [0.25, 0.3) is 5.91 Å². The van der Waals surface area contributed by atoms with Crippen LogP contribution in [-0.2, 0) is 21.4 Å². The SMILES string of the molecule is CCCOc1ccc(-c2ccc(-c3cnc(-c4ccc(C[C@H](NC(=O)c5ccc(C(C)(C)C)s5)C(=O)N[C@H](C)C(=O)O)cc4)nc3)cc2)cc1. The van der Waals surface area contributed by atoms with Crippen LogP contribution in [-0.4, -0.2) is 51.5 Å². The van der Waals surface area contributed by atoms with Gasteiger partial charge in [-0.1, -0.05) is 88.4 Å². The minimum atomic E-state index is -1.16. The number of nitrogens with one attached hydrogen (secondary N) is 2. The third-order valence-electron chi connectivity index (χ3n) is 8.10. The smallest absolute Gasteiger partial charge is 0.325 e. The molecule has 0 aliphatic rings. The third kappa shape index (κ3) is 9.21. The van der Waals surface area contributed by atoms with Gasteiger partial charge < -0.3 is 20.5 Å². The summed E-state index contributed by atoms with van der Waals surface area (Å²) < 4.78 is 5.69. The molecule has 0 unspecified atom stereocenters. The summed E-state index contributed by atoms with van der Waals surface area (Å²) in [5, 5.41) is 14.6. The quantitative estimate of drug-likeness (QED) is 0.116. The molecule has 0 spiro atoms. The van der Waals surface area contributed by atoms with E-state index in [-0.39, 0.29) is 17.7 Å². The first kappa shape index (κ1) is 35.9. The van der Waals surface area contributed by atoms with Gasteiger partial charge in [0.1, 0.15) is 17.8 Å². The summed E-state index contributed by atoms with van der Waals surface area (Å²) in [5.41, 5.74) is 5.55. The molecule has 3 aromatic carbocycles. The first-order valence-electron chi connectivity index (χ1n) is 16.6. The maximum Gasteiger partial charge on any atom is 0.325 e. The molecule has 0 aliphatic heterocycles. The van der Waals surface area contributed by atoms with E-state index in [1.807, 2.05) is 42.5 Å². The predicted octanol–water partition coefficient (Wildman–Crippen LogP) is 7.56. The average molecular weight is 691 g/mol. The van der Waals surface area contributed by atoms with Crippen molar-refractivity contribution in [2.45, 2.75) is 65.0 Å². The maximum atomic E-state index is 13.2. The molecule has 50 heavy (non-hydrogen) atoms. The van der Waals surface area contributed by atoms with Gasteiger partial charge in [-0.3, -0.25) is 14.4 Å². The van der Waals surface area contributed by atoms with E-state index >= 15 is 0 Å². The fourth-order valence-corrected chi connectivity index (χ4v) is 6.11. The number of amides is 2. The molecule has 2 atom stereocenters. The van der Waals surface area contributed by atoms with Crippen LogP contribution in [0.3, 0.4) is 0 Å². The Balaban J connectivity index is 1.25. The summed E-state index contributed by atoms with van der Waals surface area (Å²) in [6.07, 6.45) is 4.72. The van der Waals surface area contributed by atoms with Gasteiger partial charge in [-0.25, -0.2) is 9.97 Å². The lowest BCUT2D eigenvalue weighted by atomic mass is 9.95. The second kappa shape index (κ2) is 15.9. The Labute approximate surface area is 296 Å². The summed E-state index contributed by atoms with van der Waals surface area (Å²) in [5.74, 6) is -0.714. The van der Waals surface area contributed by atoms with Gasteiger partial charge in [-0.05, 0) is 65.3 Å². The van der Waals surface area contributed by atoms with Gasteiger partial charge in [0.2, 0.25) is 5.91 Å². The molecule has 9 nitrogen and oxygen atoms in total. The van der Waals surface area contributed by atoms with Crippen LogP contribution in [0.25, 0.3) is 33.6 Å². The molecule has 5 rings (SSSR count). The Morgan fingerprint density at radius 2 is 1.34 bits per heavy atom. The molecule has 2 amide bonds. The van der Waals surface area contributed by atoms with Gasteiger partial charge in [0.05, 0.1) is 11.5 Å². The van der Waals surface area contributed by atoms with Crippen molar-refractivity contribution in [3.63, 3.8) is 0 Å². The number of rotatable bonds is 13. The molecule has 0 saturated heterocycles. The minimum Gasteiger partial charge on any atom is -0.494 e. The maximum absolute atomic E-state index is 13.2. The number of benzene rings is 3. The van der Waals surface area contributed by atoms with Crippen LogP contribution in [0.2, 0.25) is 0 Å². The number of aromatic nitrogens is 2. The van der Waals surface area contributed by atoms with E-state index in [4.69, 9.17) is 4.74 Å². The van der Waals surface area contributed by atoms with Crippen LogP contribution in [0.4, 0.5) is 0 Å². The van der Waals surface area contributed by atoms with Gasteiger partial charge in [0, 0.05) is 34.8 Å². The van der Waals surface area contributed by atoms with Crippen molar-refractivity contribution >= 4 is 29.1 Å². The molecule has 2 heterocycles. The molecule has 0 saturated carbocycles. The van der Waals surface area contributed by atoms with Crippen LogP contribution < -0.4 is 15.4 Å². The normalized spacial score (nSPS) is 12.5. The number of aliphatic carboxylic acids is 1. The Kier molecular flexibility index (Phi) is 11.4. The van der Waals surface area contributed by atoms with Gasteiger partial charge in [-0.15, -0.1) is 11.3 Å². The average Bonchev–Trinajstić information content (AvgIpc) is 3.63. The lowest BCUT2D eigenvalue weighted by molar-refractivity contribution is -0.141. The number of thiophene rings is 1. The van der Waals surface area contributed by atoms with Crippen LogP contribution in [0, 0.1) is 0 Å². The van der Waals surface area contributed by atoms with Crippen molar-refractivity contribution in [1.82, 2.24) is 20.6 Å². The molecule has 5 aromatic rings. The van der Waals surface area contributed by atoms with Crippen molar-refractivity contribution in [2.75, 3.05) is 6.61 Å². The van der Waals surface area contributed by atoms with Gasteiger partial charge in [0.15, 0.2) is 5.82 Å². The Hall–Kier alpha value is -5.35. The van der Waals surface area contributed by atoms with E-state index < -0.39 is 24.0 Å². The molecular weight excluding hydrogens is 649 g/mol. The number of nitrogens with zero attached hydrogens (tertiary/aromatic N) is 2. The zero-order chi connectivity index (χ0) is 35.8. The van der Waals surface area contributed by atoms with Crippen LogP contribution >= 0.6 is 11.3 Å². The fraction of sp³-hybridized carbons (Fsp3) is 0.275. The molecule has 10 heteroatoms.